The second-order valence-corrected chi connectivity index (χ2v) is 7.80. The third-order valence-corrected chi connectivity index (χ3v) is 5.86. The van der Waals surface area contributed by atoms with Crippen molar-refractivity contribution in [3.05, 3.63) is 66.4 Å². The summed E-state index contributed by atoms with van der Waals surface area (Å²) in [5.41, 5.74) is 1.43. The van der Waals surface area contributed by atoms with Crippen molar-refractivity contribution in [1.29, 1.82) is 0 Å². The third-order valence-electron chi connectivity index (χ3n) is 4.93. The molecule has 31 heavy (non-hydrogen) atoms. The van der Waals surface area contributed by atoms with Crippen LogP contribution in [0.3, 0.4) is 0 Å². The predicted molar refractivity (Wildman–Crippen MR) is 111 cm³/mol. The Morgan fingerprint density at radius 3 is 2.71 bits per heavy atom. The minimum absolute atomic E-state index is 0.0752. The Labute approximate surface area is 180 Å². The van der Waals surface area contributed by atoms with Gasteiger partial charge in [-0.1, -0.05) is 11.8 Å². The van der Waals surface area contributed by atoms with Crippen molar-refractivity contribution in [2.45, 2.75) is 24.5 Å². The van der Waals surface area contributed by atoms with Gasteiger partial charge in [0.05, 0.1) is 30.1 Å². The topological polar surface area (TPSA) is 129 Å². The first-order chi connectivity index (χ1) is 15.1. The van der Waals surface area contributed by atoms with Gasteiger partial charge in [0.25, 0.3) is 5.91 Å². The monoisotopic (exact) mass is 438 g/mol. The summed E-state index contributed by atoms with van der Waals surface area (Å²) in [5, 5.41) is 14.6. The van der Waals surface area contributed by atoms with Gasteiger partial charge < -0.3 is 19.1 Å². The maximum absolute atomic E-state index is 13.1. The molecule has 4 aromatic rings. The van der Waals surface area contributed by atoms with Gasteiger partial charge in [-0.3, -0.25) is 4.79 Å². The van der Waals surface area contributed by atoms with Crippen LogP contribution >= 0.6 is 11.8 Å². The van der Waals surface area contributed by atoms with Crippen molar-refractivity contribution in [1.82, 2.24) is 19.9 Å². The standard InChI is InChI=1S/C20H18N6O4S/c1-12-13(6-9-28-12)19-22-23-20(25(19)21)31-11-18(27)26-15(17-5-3-8-30-17)10-14(24-26)16-4-2-7-29-16/h2-9,15H,10-11,21H2,1H3/t15-/m1/s1. The number of furan rings is 3. The predicted octanol–water partition coefficient (Wildman–Crippen LogP) is 3.22. The molecule has 1 amide bonds. The highest BCUT2D eigenvalue weighted by Gasteiger charge is 2.35. The maximum Gasteiger partial charge on any atom is 0.253 e. The van der Waals surface area contributed by atoms with Crippen molar-refractivity contribution < 1.29 is 18.0 Å². The van der Waals surface area contributed by atoms with E-state index in [2.05, 4.69) is 15.3 Å². The largest absolute Gasteiger partial charge is 0.469 e. The van der Waals surface area contributed by atoms with Crippen molar-refractivity contribution in [2.24, 2.45) is 5.10 Å². The van der Waals surface area contributed by atoms with Crippen LogP contribution in [0.5, 0.6) is 0 Å². The zero-order chi connectivity index (χ0) is 21.4. The van der Waals surface area contributed by atoms with Crippen LogP contribution in [0.2, 0.25) is 0 Å². The number of nitrogen functional groups attached to an aromatic ring is 1. The number of aromatic nitrogens is 3. The average molecular weight is 438 g/mol. The van der Waals surface area contributed by atoms with E-state index in [-0.39, 0.29) is 17.7 Å². The highest BCUT2D eigenvalue weighted by Crippen LogP contribution is 2.34. The highest BCUT2D eigenvalue weighted by atomic mass is 32.2. The molecule has 4 aromatic heterocycles. The maximum atomic E-state index is 13.1. The van der Waals surface area contributed by atoms with E-state index in [1.807, 2.05) is 19.1 Å². The minimum Gasteiger partial charge on any atom is -0.469 e. The van der Waals surface area contributed by atoms with E-state index >= 15 is 0 Å². The van der Waals surface area contributed by atoms with E-state index in [1.165, 1.54) is 21.4 Å². The fourth-order valence-corrected chi connectivity index (χ4v) is 4.11. The lowest BCUT2D eigenvalue weighted by molar-refractivity contribution is -0.130. The normalized spacial score (nSPS) is 16.1. The van der Waals surface area contributed by atoms with Crippen molar-refractivity contribution in [3.8, 4) is 11.4 Å². The molecule has 0 bridgehead atoms. The van der Waals surface area contributed by atoms with Crippen LogP contribution in [0.4, 0.5) is 0 Å². The summed E-state index contributed by atoms with van der Waals surface area (Å²) >= 11 is 1.18. The quantitative estimate of drug-likeness (QED) is 0.359. The molecule has 0 aliphatic carbocycles. The molecule has 0 saturated carbocycles. The Balaban J connectivity index is 1.34. The van der Waals surface area contributed by atoms with E-state index in [0.29, 0.717) is 40.4 Å². The molecule has 1 aliphatic rings. The second-order valence-electron chi connectivity index (χ2n) is 6.85. The van der Waals surface area contributed by atoms with Gasteiger partial charge in [0, 0.05) is 6.42 Å². The number of hydrogen-bond acceptors (Lipinski definition) is 9. The van der Waals surface area contributed by atoms with E-state index in [0.717, 1.165) is 5.56 Å². The summed E-state index contributed by atoms with van der Waals surface area (Å²) in [6, 6.07) is 8.64. The zero-order valence-corrected chi connectivity index (χ0v) is 17.3. The first kappa shape index (κ1) is 19.2. The van der Waals surface area contributed by atoms with Gasteiger partial charge in [-0.15, -0.1) is 10.2 Å². The van der Waals surface area contributed by atoms with Gasteiger partial charge in [-0.05, 0) is 37.3 Å². The van der Waals surface area contributed by atoms with Crippen LogP contribution in [-0.2, 0) is 4.79 Å². The fraction of sp³-hybridized carbons (Fsp3) is 0.200. The molecule has 0 unspecified atom stereocenters. The van der Waals surface area contributed by atoms with Crippen LogP contribution in [0.15, 0.2) is 72.6 Å². The summed E-state index contributed by atoms with van der Waals surface area (Å²) in [5.74, 6) is 8.44. The number of nitrogens with zero attached hydrogens (tertiary/aromatic N) is 5. The molecule has 0 fully saturated rings. The van der Waals surface area contributed by atoms with Crippen LogP contribution in [0.1, 0.15) is 29.7 Å². The zero-order valence-electron chi connectivity index (χ0n) is 16.5. The molecule has 158 valence electrons. The molecule has 0 aromatic carbocycles. The molecule has 2 N–H and O–H groups in total. The first-order valence-electron chi connectivity index (χ1n) is 9.46. The number of rotatable bonds is 6. The summed E-state index contributed by atoms with van der Waals surface area (Å²) in [7, 11) is 0. The number of thioether (sulfide) groups is 1. The van der Waals surface area contributed by atoms with Crippen molar-refractivity contribution >= 4 is 23.4 Å². The molecule has 5 rings (SSSR count). The van der Waals surface area contributed by atoms with Gasteiger partial charge in [-0.2, -0.15) is 5.10 Å². The molecule has 0 spiro atoms. The van der Waals surface area contributed by atoms with E-state index in [9.17, 15) is 4.79 Å². The molecule has 1 atom stereocenters. The lowest BCUT2D eigenvalue weighted by Gasteiger charge is -2.19. The first-order valence-corrected chi connectivity index (χ1v) is 10.4. The SMILES string of the molecule is Cc1occc1-c1nnc(SCC(=O)N2N=C(c3ccco3)C[C@@H]2c2ccco2)n1N. The van der Waals surface area contributed by atoms with Crippen LogP contribution in [0.25, 0.3) is 11.4 Å². The smallest absolute Gasteiger partial charge is 0.253 e. The molecule has 10 nitrogen and oxygen atoms in total. The van der Waals surface area contributed by atoms with Gasteiger partial charge >= 0.3 is 0 Å². The van der Waals surface area contributed by atoms with Crippen LogP contribution in [0, 0.1) is 6.92 Å². The summed E-state index contributed by atoms with van der Waals surface area (Å²) < 4.78 is 17.6. The molecule has 0 radical (unpaired) electrons. The summed E-state index contributed by atoms with van der Waals surface area (Å²) in [6.07, 6.45) is 5.21. The van der Waals surface area contributed by atoms with Crippen molar-refractivity contribution in [3.63, 3.8) is 0 Å². The molecule has 11 heteroatoms. The fourth-order valence-electron chi connectivity index (χ4n) is 3.40. The Hall–Kier alpha value is -3.73. The van der Waals surface area contributed by atoms with E-state index < -0.39 is 0 Å². The molecule has 0 saturated heterocycles. The van der Waals surface area contributed by atoms with E-state index in [1.54, 1.807) is 37.0 Å². The number of hydrazone groups is 1. The van der Waals surface area contributed by atoms with Gasteiger partial charge in [0.1, 0.15) is 29.0 Å². The average Bonchev–Trinajstić information content (AvgIpc) is 3.57. The molecule has 1 aliphatic heterocycles. The van der Waals surface area contributed by atoms with E-state index in [4.69, 9.17) is 19.1 Å². The molecule has 5 heterocycles. The number of amides is 1. The van der Waals surface area contributed by atoms with Gasteiger partial charge in [-0.25, -0.2) is 9.69 Å². The van der Waals surface area contributed by atoms with Crippen LogP contribution < -0.4 is 5.84 Å². The van der Waals surface area contributed by atoms with Crippen molar-refractivity contribution in [2.75, 3.05) is 11.6 Å². The summed E-state index contributed by atoms with van der Waals surface area (Å²) in [6.45, 7) is 1.82. The number of nitrogens with two attached hydrogens (primary N) is 1. The van der Waals surface area contributed by atoms with Crippen LogP contribution in [-0.4, -0.2) is 37.3 Å². The Morgan fingerprint density at radius 2 is 2.00 bits per heavy atom. The highest BCUT2D eigenvalue weighted by molar-refractivity contribution is 7.99. The Morgan fingerprint density at radius 1 is 1.16 bits per heavy atom. The number of hydrogen-bond donors (Lipinski definition) is 1. The van der Waals surface area contributed by atoms with Gasteiger partial charge in [0.15, 0.2) is 5.82 Å². The van der Waals surface area contributed by atoms with Gasteiger partial charge in [0.2, 0.25) is 5.16 Å². The number of aryl methyl sites for hydroxylation is 1. The minimum atomic E-state index is -0.344. The lowest BCUT2D eigenvalue weighted by atomic mass is 10.1. The number of carbonyl (C=O) groups excluding carboxylic acids is 1. The second kappa shape index (κ2) is 7.84. The summed E-state index contributed by atoms with van der Waals surface area (Å²) in [4.78, 5) is 13.1. The lowest BCUT2D eigenvalue weighted by Crippen LogP contribution is -2.28. The third kappa shape index (κ3) is 3.52. The Kier molecular flexibility index (Phi) is 4.86. The Bertz CT molecular complexity index is 1220. The number of carbonyl (C=O) groups is 1. The molecular weight excluding hydrogens is 420 g/mol. The molecular formula is C20H18N6O4S.